The zero-order valence-corrected chi connectivity index (χ0v) is 11.3. The maximum absolute atomic E-state index is 5.55. The monoisotopic (exact) mass is 235 g/mol. The highest BCUT2D eigenvalue weighted by Crippen LogP contribution is 2.12. The first kappa shape index (κ1) is 14.0. The van der Waals surface area contributed by atoms with Crippen LogP contribution in [0.5, 0.6) is 5.75 Å². The molecule has 0 aliphatic heterocycles. The van der Waals surface area contributed by atoms with E-state index >= 15 is 0 Å². The molecule has 0 amide bonds. The van der Waals surface area contributed by atoms with Crippen molar-refractivity contribution in [1.82, 2.24) is 5.32 Å². The Hall–Kier alpha value is -1.02. The molecule has 0 radical (unpaired) electrons. The molecule has 0 atom stereocenters. The Kier molecular flexibility index (Phi) is 6.71. The molecule has 17 heavy (non-hydrogen) atoms. The Morgan fingerprint density at radius 1 is 1.18 bits per heavy atom. The summed E-state index contributed by atoms with van der Waals surface area (Å²) in [5, 5.41) is 3.45. The molecule has 1 aromatic rings. The van der Waals surface area contributed by atoms with Gasteiger partial charge in [0, 0.05) is 6.54 Å². The van der Waals surface area contributed by atoms with Crippen molar-refractivity contribution in [1.29, 1.82) is 0 Å². The fourth-order valence-electron chi connectivity index (χ4n) is 1.55. The third-order valence-corrected chi connectivity index (χ3v) is 2.62. The predicted octanol–water partition coefficient (Wildman–Crippen LogP) is 3.61. The first-order chi connectivity index (χ1) is 8.22. The summed E-state index contributed by atoms with van der Waals surface area (Å²) in [7, 11) is 0. The lowest BCUT2D eigenvalue weighted by atomic mass is 10.1. The van der Waals surface area contributed by atoms with Crippen LogP contribution in [-0.4, -0.2) is 13.2 Å². The van der Waals surface area contributed by atoms with Crippen molar-refractivity contribution in [2.24, 2.45) is 5.92 Å². The minimum atomic E-state index is 0.771. The van der Waals surface area contributed by atoms with E-state index in [1.165, 1.54) is 12.0 Å². The van der Waals surface area contributed by atoms with Crippen LogP contribution in [0.15, 0.2) is 24.3 Å². The van der Waals surface area contributed by atoms with Crippen LogP contribution in [0.3, 0.4) is 0 Å². The molecule has 0 heterocycles. The van der Waals surface area contributed by atoms with Gasteiger partial charge in [0.25, 0.3) is 0 Å². The molecule has 96 valence electrons. The molecule has 2 heteroatoms. The van der Waals surface area contributed by atoms with E-state index in [-0.39, 0.29) is 0 Å². The van der Waals surface area contributed by atoms with E-state index in [0.717, 1.165) is 37.8 Å². The summed E-state index contributed by atoms with van der Waals surface area (Å²) in [4.78, 5) is 0. The molecule has 0 fully saturated rings. The summed E-state index contributed by atoms with van der Waals surface area (Å²) in [5.74, 6) is 1.74. The fraction of sp³-hybridized carbons (Fsp3) is 0.600. The lowest BCUT2D eigenvalue weighted by Gasteiger charge is -2.08. The second kappa shape index (κ2) is 8.13. The van der Waals surface area contributed by atoms with Crippen molar-refractivity contribution in [3.05, 3.63) is 29.8 Å². The first-order valence-corrected chi connectivity index (χ1v) is 6.64. The van der Waals surface area contributed by atoms with Crippen LogP contribution < -0.4 is 10.1 Å². The number of hydrogen-bond donors (Lipinski definition) is 1. The zero-order valence-electron chi connectivity index (χ0n) is 11.3. The van der Waals surface area contributed by atoms with Crippen molar-refractivity contribution in [2.75, 3.05) is 13.2 Å². The summed E-state index contributed by atoms with van der Waals surface area (Å²) in [6.07, 6.45) is 2.29. The Balaban J connectivity index is 2.25. The molecule has 0 saturated carbocycles. The van der Waals surface area contributed by atoms with Gasteiger partial charge in [-0.25, -0.2) is 0 Å². The van der Waals surface area contributed by atoms with E-state index in [0.29, 0.717) is 0 Å². The average molecular weight is 235 g/mol. The highest BCUT2D eigenvalue weighted by atomic mass is 16.5. The Morgan fingerprint density at radius 2 is 1.88 bits per heavy atom. The molecular formula is C15H25NO. The lowest BCUT2D eigenvalue weighted by Crippen LogP contribution is -2.16. The van der Waals surface area contributed by atoms with E-state index in [9.17, 15) is 0 Å². The number of benzene rings is 1. The standard InChI is InChI=1S/C15H25NO/c1-4-11-17-15-7-5-14(6-8-15)12-16-10-9-13(2)3/h5-8,13,16H,4,9-12H2,1-3H3. The zero-order chi connectivity index (χ0) is 12.5. The number of hydrogen-bond acceptors (Lipinski definition) is 2. The number of rotatable bonds is 8. The van der Waals surface area contributed by atoms with Gasteiger partial charge in [-0.15, -0.1) is 0 Å². The first-order valence-electron chi connectivity index (χ1n) is 6.64. The van der Waals surface area contributed by atoms with E-state index < -0.39 is 0 Å². The minimum Gasteiger partial charge on any atom is -0.494 e. The van der Waals surface area contributed by atoms with Crippen LogP contribution >= 0.6 is 0 Å². The molecule has 1 N–H and O–H groups in total. The maximum atomic E-state index is 5.55. The average Bonchev–Trinajstić information content (AvgIpc) is 2.33. The highest BCUT2D eigenvalue weighted by Gasteiger charge is 1.96. The van der Waals surface area contributed by atoms with Gasteiger partial charge in [0.1, 0.15) is 5.75 Å². The van der Waals surface area contributed by atoms with Crippen LogP contribution in [0.1, 0.15) is 39.2 Å². The van der Waals surface area contributed by atoms with Crippen LogP contribution in [0.2, 0.25) is 0 Å². The van der Waals surface area contributed by atoms with Gasteiger partial charge >= 0.3 is 0 Å². The number of nitrogens with one attached hydrogen (secondary N) is 1. The molecule has 0 aliphatic carbocycles. The summed E-state index contributed by atoms with van der Waals surface area (Å²) < 4.78 is 5.55. The molecule has 0 aromatic heterocycles. The van der Waals surface area contributed by atoms with Gasteiger partial charge in [-0.3, -0.25) is 0 Å². The molecule has 0 bridgehead atoms. The van der Waals surface area contributed by atoms with Gasteiger partial charge < -0.3 is 10.1 Å². The third kappa shape index (κ3) is 6.32. The van der Waals surface area contributed by atoms with Crippen molar-refractivity contribution < 1.29 is 4.74 Å². The van der Waals surface area contributed by atoms with Crippen molar-refractivity contribution >= 4 is 0 Å². The molecule has 1 rings (SSSR count). The lowest BCUT2D eigenvalue weighted by molar-refractivity contribution is 0.317. The van der Waals surface area contributed by atoms with Gasteiger partial charge in [-0.2, -0.15) is 0 Å². The second-order valence-corrected chi connectivity index (χ2v) is 4.85. The summed E-state index contributed by atoms with van der Waals surface area (Å²) in [6, 6.07) is 8.37. The summed E-state index contributed by atoms with van der Waals surface area (Å²) >= 11 is 0. The smallest absolute Gasteiger partial charge is 0.119 e. The van der Waals surface area contributed by atoms with E-state index in [1.54, 1.807) is 0 Å². The molecule has 1 aromatic carbocycles. The maximum Gasteiger partial charge on any atom is 0.119 e. The van der Waals surface area contributed by atoms with E-state index in [2.05, 4.69) is 50.4 Å². The fourth-order valence-corrected chi connectivity index (χ4v) is 1.55. The van der Waals surface area contributed by atoms with Gasteiger partial charge in [0.15, 0.2) is 0 Å². The van der Waals surface area contributed by atoms with E-state index in [4.69, 9.17) is 4.74 Å². The number of ether oxygens (including phenoxy) is 1. The predicted molar refractivity (Wildman–Crippen MR) is 73.4 cm³/mol. The van der Waals surface area contributed by atoms with Gasteiger partial charge in [0.2, 0.25) is 0 Å². The van der Waals surface area contributed by atoms with Gasteiger partial charge in [0.05, 0.1) is 6.61 Å². The molecule has 2 nitrogen and oxygen atoms in total. The molecule has 0 unspecified atom stereocenters. The summed E-state index contributed by atoms with van der Waals surface area (Å²) in [6.45, 7) is 9.45. The Labute approximate surface area is 105 Å². The third-order valence-electron chi connectivity index (χ3n) is 2.62. The minimum absolute atomic E-state index is 0.771. The Morgan fingerprint density at radius 3 is 2.47 bits per heavy atom. The topological polar surface area (TPSA) is 21.3 Å². The quantitative estimate of drug-likeness (QED) is 0.695. The largest absolute Gasteiger partial charge is 0.494 e. The van der Waals surface area contributed by atoms with Crippen molar-refractivity contribution in [2.45, 2.75) is 40.2 Å². The SMILES string of the molecule is CCCOc1ccc(CNCCC(C)C)cc1. The van der Waals surface area contributed by atoms with Crippen molar-refractivity contribution in [3.8, 4) is 5.75 Å². The molecule has 0 saturated heterocycles. The Bertz CT molecular complexity index is 292. The normalized spacial score (nSPS) is 10.8. The summed E-state index contributed by atoms with van der Waals surface area (Å²) in [5.41, 5.74) is 1.32. The molecular weight excluding hydrogens is 210 g/mol. The second-order valence-electron chi connectivity index (χ2n) is 4.85. The molecule has 0 spiro atoms. The van der Waals surface area contributed by atoms with Crippen LogP contribution in [0.4, 0.5) is 0 Å². The van der Waals surface area contributed by atoms with Gasteiger partial charge in [-0.05, 0) is 43.0 Å². The van der Waals surface area contributed by atoms with E-state index in [1.807, 2.05) is 0 Å². The van der Waals surface area contributed by atoms with Gasteiger partial charge in [-0.1, -0.05) is 32.9 Å². The van der Waals surface area contributed by atoms with Crippen LogP contribution in [0.25, 0.3) is 0 Å². The highest BCUT2D eigenvalue weighted by molar-refractivity contribution is 5.27. The molecule has 0 aliphatic rings. The van der Waals surface area contributed by atoms with Crippen LogP contribution in [0, 0.1) is 5.92 Å². The van der Waals surface area contributed by atoms with Crippen LogP contribution in [-0.2, 0) is 6.54 Å². The van der Waals surface area contributed by atoms with Crippen molar-refractivity contribution in [3.63, 3.8) is 0 Å².